The first-order chi connectivity index (χ1) is 12.3. The van der Waals surface area contributed by atoms with Gasteiger partial charge < -0.3 is 5.32 Å². The summed E-state index contributed by atoms with van der Waals surface area (Å²) in [5.41, 5.74) is 0.963. The highest BCUT2D eigenvalue weighted by Gasteiger charge is 2.19. The Labute approximate surface area is 151 Å². The second kappa shape index (κ2) is 7.96. The summed E-state index contributed by atoms with van der Waals surface area (Å²) in [6.45, 7) is 3.59. The monoisotopic (exact) mass is 377 g/mol. The average molecular weight is 377 g/mol. The van der Waals surface area contributed by atoms with Gasteiger partial charge in [-0.25, -0.2) is 8.42 Å². The smallest absolute Gasteiger partial charge is 0.271 e. The fourth-order valence-electron chi connectivity index (χ4n) is 2.38. The lowest BCUT2D eigenvalue weighted by Gasteiger charge is -2.22. The van der Waals surface area contributed by atoms with Crippen LogP contribution in [-0.2, 0) is 10.0 Å². The van der Waals surface area contributed by atoms with Crippen molar-refractivity contribution in [2.45, 2.75) is 13.8 Å². The van der Waals surface area contributed by atoms with Crippen molar-refractivity contribution >= 4 is 33.0 Å². The SMILES string of the molecule is CCN(c1ccc(C(=O)Nc2cccc([N+](=O)[O-])c2)cc1)S(=O)(=O)CC. The molecule has 0 aliphatic heterocycles. The van der Waals surface area contributed by atoms with Crippen molar-refractivity contribution in [3.05, 3.63) is 64.2 Å². The Morgan fingerprint density at radius 2 is 1.81 bits per heavy atom. The molecule has 0 saturated heterocycles. The Bertz CT molecular complexity index is 910. The number of sulfonamides is 1. The highest BCUT2D eigenvalue weighted by Crippen LogP contribution is 2.21. The number of hydrogen-bond acceptors (Lipinski definition) is 5. The number of nitrogens with zero attached hydrogens (tertiary/aromatic N) is 2. The molecule has 0 saturated carbocycles. The van der Waals surface area contributed by atoms with Gasteiger partial charge in [0.05, 0.1) is 16.4 Å². The van der Waals surface area contributed by atoms with Crippen LogP contribution >= 0.6 is 0 Å². The van der Waals surface area contributed by atoms with Crippen LogP contribution in [0.3, 0.4) is 0 Å². The summed E-state index contributed by atoms with van der Waals surface area (Å²) in [5.74, 6) is -0.464. The van der Waals surface area contributed by atoms with Gasteiger partial charge in [0.2, 0.25) is 10.0 Å². The molecule has 8 nitrogen and oxygen atoms in total. The first-order valence-electron chi connectivity index (χ1n) is 7.94. The number of non-ortho nitro benzene ring substituents is 1. The molecule has 0 aliphatic rings. The number of nitrogens with one attached hydrogen (secondary N) is 1. The summed E-state index contributed by atoms with van der Waals surface area (Å²) in [6.07, 6.45) is 0. The summed E-state index contributed by atoms with van der Waals surface area (Å²) in [5, 5.41) is 13.4. The second-order valence-electron chi connectivity index (χ2n) is 5.37. The van der Waals surface area contributed by atoms with Crippen molar-refractivity contribution in [3.63, 3.8) is 0 Å². The van der Waals surface area contributed by atoms with E-state index >= 15 is 0 Å². The Balaban J connectivity index is 2.19. The molecule has 0 heterocycles. The molecule has 0 spiro atoms. The number of hydrogen-bond donors (Lipinski definition) is 1. The summed E-state index contributed by atoms with van der Waals surface area (Å²) in [6, 6.07) is 11.7. The molecule has 0 fully saturated rings. The van der Waals surface area contributed by atoms with Gasteiger partial charge in [0.1, 0.15) is 0 Å². The minimum absolute atomic E-state index is 0.0180. The highest BCUT2D eigenvalue weighted by atomic mass is 32.2. The molecule has 2 rings (SSSR count). The van der Waals surface area contributed by atoms with E-state index in [9.17, 15) is 23.3 Å². The molecule has 2 aromatic carbocycles. The van der Waals surface area contributed by atoms with Gasteiger partial charge in [0.15, 0.2) is 0 Å². The summed E-state index contributed by atoms with van der Waals surface area (Å²) in [7, 11) is -3.39. The number of nitro groups is 1. The Kier molecular flexibility index (Phi) is 5.93. The van der Waals surface area contributed by atoms with Crippen LogP contribution in [0.25, 0.3) is 0 Å². The molecule has 0 aromatic heterocycles. The molecular formula is C17H19N3O5S. The maximum absolute atomic E-state index is 12.3. The van der Waals surface area contributed by atoms with Gasteiger partial charge in [0, 0.05) is 29.9 Å². The lowest BCUT2D eigenvalue weighted by Crippen LogP contribution is -2.32. The molecule has 0 radical (unpaired) electrons. The summed E-state index contributed by atoms with van der Waals surface area (Å²) < 4.78 is 25.4. The lowest BCUT2D eigenvalue weighted by atomic mass is 10.2. The molecule has 0 aliphatic carbocycles. The molecule has 1 amide bonds. The number of amides is 1. The maximum atomic E-state index is 12.3. The van der Waals surface area contributed by atoms with E-state index < -0.39 is 20.9 Å². The van der Waals surface area contributed by atoms with Crippen molar-refractivity contribution < 1.29 is 18.1 Å². The topological polar surface area (TPSA) is 110 Å². The van der Waals surface area contributed by atoms with Crippen LogP contribution in [0.15, 0.2) is 48.5 Å². The van der Waals surface area contributed by atoms with Gasteiger partial charge in [-0.3, -0.25) is 19.2 Å². The van der Waals surface area contributed by atoms with E-state index in [4.69, 9.17) is 0 Å². The van der Waals surface area contributed by atoms with Crippen LogP contribution < -0.4 is 9.62 Å². The van der Waals surface area contributed by atoms with Crippen LogP contribution in [0.2, 0.25) is 0 Å². The highest BCUT2D eigenvalue weighted by molar-refractivity contribution is 7.92. The van der Waals surface area contributed by atoms with Crippen LogP contribution in [0.1, 0.15) is 24.2 Å². The molecule has 1 N–H and O–H groups in total. The second-order valence-corrected chi connectivity index (χ2v) is 7.56. The van der Waals surface area contributed by atoms with Crippen molar-refractivity contribution in [2.75, 3.05) is 21.9 Å². The average Bonchev–Trinajstić information content (AvgIpc) is 2.62. The van der Waals surface area contributed by atoms with Crippen molar-refractivity contribution in [1.82, 2.24) is 0 Å². The molecular weight excluding hydrogens is 358 g/mol. The third-order valence-corrected chi connectivity index (χ3v) is 5.59. The largest absolute Gasteiger partial charge is 0.322 e. The molecule has 0 unspecified atom stereocenters. The van der Waals surface area contributed by atoms with E-state index in [0.29, 0.717) is 16.9 Å². The van der Waals surface area contributed by atoms with E-state index in [-0.39, 0.29) is 18.0 Å². The zero-order chi connectivity index (χ0) is 19.3. The van der Waals surface area contributed by atoms with E-state index in [1.165, 1.54) is 34.6 Å². The molecule has 0 bridgehead atoms. The van der Waals surface area contributed by atoms with Crippen molar-refractivity contribution in [3.8, 4) is 0 Å². The number of rotatable bonds is 7. The number of anilines is 2. The number of benzene rings is 2. The van der Waals surface area contributed by atoms with Crippen LogP contribution in [0, 0.1) is 10.1 Å². The summed E-state index contributed by atoms with van der Waals surface area (Å²) >= 11 is 0. The Morgan fingerprint density at radius 1 is 1.15 bits per heavy atom. The number of carbonyl (C=O) groups is 1. The lowest BCUT2D eigenvalue weighted by molar-refractivity contribution is -0.384. The van der Waals surface area contributed by atoms with E-state index in [2.05, 4.69) is 5.32 Å². The van der Waals surface area contributed by atoms with E-state index in [1.54, 1.807) is 32.0 Å². The van der Waals surface area contributed by atoms with Crippen LogP contribution in [-0.4, -0.2) is 31.5 Å². The zero-order valence-electron chi connectivity index (χ0n) is 14.4. The number of carbonyl (C=O) groups excluding carboxylic acids is 1. The first-order valence-corrected chi connectivity index (χ1v) is 9.55. The molecule has 2 aromatic rings. The van der Waals surface area contributed by atoms with Gasteiger partial charge in [-0.2, -0.15) is 0 Å². The first kappa shape index (κ1) is 19.4. The normalized spacial score (nSPS) is 11.0. The quantitative estimate of drug-likeness (QED) is 0.589. The van der Waals surface area contributed by atoms with Gasteiger partial charge in [-0.1, -0.05) is 6.07 Å². The Morgan fingerprint density at radius 3 is 2.35 bits per heavy atom. The van der Waals surface area contributed by atoms with Gasteiger partial charge in [-0.05, 0) is 44.2 Å². The minimum Gasteiger partial charge on any atom is -0.322 e. The van der Waals surface area contributed by atoms with Gasteiger partial charge >= 0.3 is 0 Å². The van der Waals surface area contributed by atoms with Crippen molar-refractivity contribution in [2.24, 2.45) is 0 Å². The van der Waals surface area contributed by atoms with Gasteiger partial charge in [-0.15, -0.1) is 0 Å². The zero-order valence-corrected chi connectivity index (χ0v) is 15.2. The van der Waals surface area contributed by atoms with Gasteiger partial charge in [0.25, 0.3) is 11.6 Å². The van der Waals surface area contributed by atoms with Crippen LogP contribution in [0.4, 0.5) is 17.1 Å². The standard InChI is InChI=1S/C17H19N3O5S/c1-3-19(26(24,25)4-2)15-10-8-13(9-11-15)17(21)18-14-6-5-7-16(12-14)20(22)23/h5-12H,3-4H2,1-2H3,(H,18,21). The third-order valence-electron chi connectivity index (χ3n) is 3.72. The van der Waals surface area contributed by atoms with Crippen LogP contribution in [0.5, 0.6) is 0 Å². The predicted molar refractivity (Wildman–Crippen MR) is 100.0 cm³/mol. The predicted octanol–water partition coefficient (Wildman–Crippen LogP) is 3.02. The number of nitro benzene ring substituents is 1. The molecule has 9 heteroatoms. The summed E-state index contributed by atoms with van der Waals surface area (Å²) in [4.78, 5) is 22.5. The molecule has 26 heavy (non-hydrogen) atoms. The molecule has 0 atom stereocenters. The minimum atomic E-state index is -3.39. The maximum Gasteiger partial charge on any atom is 0.271 e. The fourth-order valence-corrected chi connectivity index (χ4v) is 3.52. The third kappa shape index (κ3) is 4.37. The molecule has 138 valence electrons. The van der Waals surface area contributed by atoms with E-state index in [0.717, 1.165) is 0 Å². The van der Waals surface area contributed by atoms with E-state index in [1.807, 2.05) is 0 Å². The fraction of sp³-hybridized carbons (Fsp3) is 0.235. The van der Waals surface area contributed by atoms with Crippen molar-refractivity contribution in [1.29, 1.82) is 0 Å². The Hall–Kier alpha value is -2.94.